The number of nitrogens with one attached hydrogen (secondary N) is 1. The van der Waals surface area contributed by atoms with Gasteiger partial charge in [-0.2, -0.15) is 0 Å². The average Bonchev–Trinajstić information content (AvgIpc) is 3.28. The van der Waals surface area contributed by atoms with E-state index in [0.717, 1.165) is 11.1 Å². The van der Waals surface area contributed by atoms with Crippen molar-refractivity contribution in [2.24, 2.45) is 0 Å². The Morgan fingerprint density at radius 3 is 2.34 bits per heavy atom. The Morgan fingerprint density at radius 1 is 0.969 bits per heavy atom. The molecule has 32 heavy (non-hydrogen) atoms. The predicted octanol–water partition coefficient (Wildman–Crippen LogP) is 4.75. The smallest absolute Gasteiger partial charge is 0.358 e. The molecule has 4 rings (SSSR count). The lowest BCUT2D eigenvalue weighted by Gasteiger charge is -2.18. The Kier molecular flexibility index (Phi) is 6.32. The fourth-order valence-corrected chi connectivity index (χ4v) is 3.94. The van der Waals surface area contributed by atoms with Gasteiger partial charge in [0.25, 0.3) is 5.91 Å². The van der Waals surface area contributed by atoms with Crippen LogP contribution in [0.2, 0.25) is 0 Å². The van der Waals surface area contributed by atoms with E-state index < -0.39 is 18.0 Å². The maximum Gasteiger partial charge on any atom is 0.358 e. The van der Waals surface area contributed by atoms with Gasteiger partial charge in [0.05, 0.1) is 0 Å². The van der Waals surface area contributed by atoms with E-state index in [9.17, 15) is 9.59 Å². The molecule has 1 N–H and O–H groups in total. The van der Waals surface area contributed by atoms with Gasteiger partial charge in [-0.05, 0) is 43.2 Å². The van der Waals surface area contributed by atoms with Crippen molar-refractivity contribution in [1.82, 2.24) is 15.0 Å². The van der Waals surface area contributed by atoms with Gasteiger partial charge in [0.1, 0.15) is 0 Å². The fourth-order valence-electron chi connectivity index (χ4n) is 3.20. The third kappa shape index (κ3) is 5.04. The highest BCUT2D eigenvalue weighted by Gasteiger charge is 2.27. The molecule has 1 amide bonds. The molecule has 0 saturated heterocycles. The molecule has 0 spiro atoms. The van der Waals surface area contributed by atoms with Gasteiger partial charge in [0.15, 0.2) is 16.5 Å². The van der Waals surface area contributed by atoms with Crippen LogP contribution < -0.4 is 5.32 Å². The van der Waals surface area contributed by atoms with Gasteiger partial charge in [-0.15, -0.1) is 11.3 Å². The molecule has 0 radical (unpaired) electrons. The van der Waals surface area contributed by atoms with Crippen molar-refractivity contribution in [3.63, 3.8) is 0 Å². The van der Waals surface area contributed by atoms with Gasteiger partial charge < -0.3 is 10.1 Å². The molecule has 160 valence electrons. The van der Waals surface area contributed by atoms with Gasteiger partial charge in [-0.3, -0.25) is 4.79 Å². The molecule has 1 unspecified atom stereocenters. The number of anilines is 1. The van der Waals surface area contributed by atoms with Crippen LogP contribution in [-0.4, -0.2) is 26.8 Å². The lowest BCUT2D eigenvalue weighted by molar-refractivity contribution is -0.125. The summed E-state index contributed by atoms with van der Waals surface area (Å²) < 4.78 is 5.62. The highest BCUT2D eigenvalue weighted by atomic mass is 32.1. The third-order valence-corrected chi connectivity index (χ3v) is 5.36. The molecule has 0 aliphatic rings. The third-order valence-electron chi connectivity index (χ3n) is 4.52. The number of hydrogen-bond donors (Lipinski definition) is 1. The number of carbonyl (C=O) groups is 2. The molecule has 2 aromatic carbocycles. The first-order chi connectivity index (χ1) is 15.5. The molecule has 2 aromatic heterocycles. The highest BCUT2D eigenvalue weighted by Crippen LogP contribution is 2.25. The van der Waals surface area contributed by atoms with E-state index in [1.807, 2.05) is 38.1 Å². The summed E-state index contributed by atoms with van der Waals surface area (Å²) in [6.07, 6.45) is 2.07. The van der Waals surface area contributed by atoms with E-state index in [4.69, 9.17) is 4.74 Å². The second-order valence-corrected chi connectivity index (χ2v) is 8.03. The van der Waals surface area contributed by atoms with Gasteiger partial charge in [0, 0.05) is 29.0 Å². The molecule has 2 heterocycles. The van der Waals surface area contributed by atoms with Gasteiger partial charge in [0.2, 0.25) is 6.10 Å². The van der Waals surface area contributed by atoms with Crippen LogP contribution >= 0.6 is 11.3 Å². The number of hydrogen-bond acceptors (Lipinski definition) is 7. The van der Waals surface area contributed by atoms with Crippen molar-refractivity contribution >= 4 is 28.9 Å². The van der Waals surface area contributed by atoms with E-state index in [1.165, 1.54) is 11.3 Å². The van der Waals surface area contributed by atoms with Gasteiger partial charge >= 0.3 is 5.97 Å². The number of benzene rings is 2. The number of amides is 1. The SMILES string of the molecule is Cc1cc(C)cc(NC(=O)C(OC(=O)c2csc(-c3ncccn3)n2)c2ccccc2)c1. The van der Waals surface area contributed by atoms with Crippen molar-refractivity contribution in [3.05, 3.63) is 94.8 Å². The Hall–Kier alpha value is -3.91. The number of ether oxygens (including phenoxy) is 1. The minimum Gasteiger partial charge on any atom is -0.443 e. The number of nitrogens with zero attached hydrogens (tertiary/aromatic N) is 3. The second-order valence-electron chi connectivity index (χ2n) is 7.17. The Bertz CT molecular complexity index is 1220. The lowest BCUT2D eigenvalue weighted by Crippen LogP contribution is -2.26. The average molecular weight is 445 g/mol. The first kappa shape index (κ1) is 21.3. The van der Waals surface area contributed by atoms with Gasteiger partial charge in [-0.25, -0.2) is 19.7 Å². The zero-order chi connectivity index (χ0) is 22.5. The lowest BCUT2D eigenvalue weighted by atomic mass is 10.1. The first-order valence-electron chi connectivity index (χ1n) is 9.87. The number of esters is 1. The number of rotatable bonds is 6. The Balaban J connectivity index is 1.56. The molecule has 0 bridgehead atoms. The predicted molar refractivity (Wildman–Crippen MR) is 122 cm³/mol. The molecule has 1 atom stereocenters. The normalized spacial score (nSPS) is 11.6. The van der Waals surface area contributed by atoms with E-state index in [0.29, 0.717) is 22.1 Å². The van der Waals surface area contributed by atoms with Crippen molar-refractivity contribution in [2.75, 3.05) is 5.32 Å². The monoisotopic (exact) mass is 444 g/mol. The van der Waals surface area contributed by atoms with Gasteiger partial charge in [-0.1, -0.05) is 36.4 Å². The largest absolute Gasteiger partial charge is 0.443 e. The quantitative estimate of drug-likeness (QED) is 0.431. The van der Waals surface area contributed by atoms with E-state index in [2.05, 4.69) is 20.3 Å². The molecule has 0 aliphatic carbocycles. The molecule has 0 fully saturated rings. The number of aryl methyl sites for hydroxylation is 2. The maximum absolute atomic E-state index is 13.1. The molecule has 0 aliphatic heterocycles. The summed E-state index contributed by atoms with van der Waals surface area (Å²) in [5.74, 6) is -0.729. The summed E-state index contributed by atoms with van der Waals surface area (Å²) in [5.41, 5.74) is 3.34. The molecule has 4 aromatic rings. The highest BCUT2D eigenvalue weighted by molar-refractivity contribution is 7.13. The Labute approximate surface area is 189 Å². The van der Waals surface area contributed by atoms with Crippen LogP contribution in [0.25, 0.3) is 10.8 Å². The van der Waals surface area contributed by atoms with Crippen molar-refractivity contribution in [2.45, 2.75) is 20.0 Å². The Morgan fingerprint density at radius 2 is 1.66 bits per heavy atom. The van der Waals surface area contributed by atoms with Crippen LogP contribution in [-0.2, 0) is 9.53 Å². The summed E-state index contributed by atoms with van der Waals surface area (Å²) in [5, 5.41) is 4.92. The molecular weight excluding hydrogens is 424 g/mol. The maximum atomic E-state index is 13.1. The van der Waals surface area contributed by atoms with E-state index >= 15 is 0 Å². The molecule has 8 heteroatoms. The van der Waals surface area contributed by atoms with Crippen molar-refractivity contribution < 1.29 is 14.3 Å². The summed E-state index contributed by atoms with van der Waals surface area (Å²) in [7, 11) is 0. The molecule has 0 saturated carbocycles. The molecular formula is C24H20N4O3S. The minimum absolute atomic E-state index is 0.0950. The summed E-state index contributed by atoms with van der Waals surface area (Å²) >= 11 is 1.23. The van der Waals surface area contributed by atoms with E-state index in [1.54, 1.807) is 48.1 Å². The van der Waals surface area contributed by atoms with Crippen LogP contribution in [0.3, 0.4) is 0 Å². The zero-order valence-corrected chi connectivity index (χ0v) is 18.3. The standard InChI is InChI=1S/C24H20N4O3S/c1-15-11-16(2)13-18(12-15)27-22(29)20(17-7-4-3-5-8-17)31-24(30)19-14-32-23(28-19)21-25-9-6-10-26-21/h3-14,20H,1-2H3,(H,27,29). The number of carbonyl (C=O) groups excluding carboxylic acids is 2. The number of thiazole rings is 1. The second kappa shape index (κ2) is 9.49. The van der Waals surface area contributed by atoms with Crippen molar-refractivity contribution in [1.29, 1.82) is 0 Å². The summed E-state index contributed by atoms with van der Waals surface area (Å²) in [4.78, 5) is 38.5. The molecule has 7 nitrogen and oxygen atoms in total. The minimum atomic E-state index is -1.14. The fraction of sp³-hybridized carbons (Fsp3) is 0.125. The van der Waals surface area contributed by atoms with Crippen LogP contribution in [0, 0.1) is 13.8 Å². The van der Waals surface area contributed by atoms with Crippen LogP contribution in [0.4, 0.5) is 5.69 Å². The van der Waals surface area contributed by atoms with Crippen molar-refractivity contribution in [3.8, 4) is 10.8 Å². The van der Waals surface area contributed by atoms with Crippen LogP contribution in [0.1, 0.15) is 33.3 Å². The summed E-state index contributed by atoms with van der Waals surface area (Å²) in [6.45, 7) is 3.90. The van der Waals surface area contributed by atoms with Crippen LogP contribution in [0.15, 0.2) is 72.4 Å². The topological polar surface area (TPSA) is 94.1 Å². The number of aromatic nitrogens is 3. The van der Waals surface area contributed by atoms with E-state index in [-0.39, 0.29) is 5.69 Å². The summed E-state index contributed by atoms with van der Waals surface area (Å²) in [6, 6.07) is 16.3. The zero-order valence-electron chi connectivity index (χ0n) is 17.5. The first-order valence-corrected chi connectivity index (χ1v) is 10.8. The van der Waals surface area contributed by atoms with Crippen LogP contribution in [0.5, 0.6) is 0 Å².